The number of hydrogen-bond donors (Lipinski definition) is 1. The average Bonchev–Trinajstić information content (AvgIpc) is 2.70. The molecule has 3 heteroatoms. The zero-order valence-electron chi connectivity index (χ0n) is 11.7. The Kier molecular flexibility index (Phi) is 5.63. The van der Waals surface area contributed by atoms with Gasteiger partial charge in [-0.05, 0) is 57.2 Å². The molecule has 2 nitrogen and oxygen atoms in total. The second kappa shape index (κ2) is 6.53. The Morgan fingerprint density at radius 2 is 2.18 bits per heavy atom. The molecule has 1 rings (SSSR count). The number of thiophene rings is 1. The van der Waals surface area contributed by atoms with Crippen LogP contribution in [0.5, 0.6) is 0 Å². The number of hydrogen-bond acceptors (Lipinski definition) is 3. The first kappa shape index (κ1) is 14.7. The number of aryl methyl sites for hydroxylation is 1. The molecule has 1 atom stereocenters. The van der Waals surface area contributed by atoms with Crippen molar-refractivity contribution in [1.82, 2.24) is 5.32 Å². The second-order valence-electron chi connectivity index (χ2n) is 5.14. The maximum atomic E-state index is 5.55. The molecule has 0 bridgehead atoms. The minimum absolute atomic E-state index is 0.0815. The first-order valence-corrected chi connectivity index (χ1v) is 7.20. The molecule has 0 saturated heterocycles. The lowest BCUT2D eigenvalue weighted by Gasteiger charge is -2.29. The molecule has 1 N–H and O–H groups in total. The summed E-state index contributed by atoms with van der Waals surface area (Å²) in [6, 6.07) is 2.60. The number of methoxy groups -OCH3 is 1. The van der Waals surface area contributed by atoms with Crippen LogP contribution in [-0.4, -0.2) is 19.3 Å². The van der Waals surface area contributed by atoms with E-state index in [0.29, 0.717) is 6.04 Å². The third kappa shape index (κ3) is 4.41. The summed E-state index contributed by atoms with van der Waals surface area (Å²) in [5.41, 5.74) is 1.30. The van der Waals surface area contributed by atoms with Gasteiger partial charge in [-0.15, -0.1) is 11.3 Å². The largest absolute Gasteiger partial charge is 0.379 e. The monoisotopic (exact) mass is 255 g/mol. The van der Waals surface area contributed by atoms with Crippen molar-refractivity contribution in [2.45, 2.75) is 52.2 Å². The van der Waals surface area contributed by atoms with Crippen molar-refractivity contribution in [3.8, 4) is 0 Å². The van der Waals surface area contributed by atoms with Gasteiger partial charge in [-0.25, -0.2) is 0 Å². The Hall–Kier alpha value is -0.380. The van der Waals surface area contributed by atoms with Crippen LogP contribution in [0.1, 0.15) is 50.1 Å². The fourth-order valence-electron chi connectivity index (χ4n) is 1.89. The Morgan fingerprint density at radius 1 is 1.47 bits per heavy atom. The van der Waals surface area contributed by atoms with Gasteiger partial charge >= 0.3 is 0 Å². The van der Waals surface area contributed by atoms with Gasteiger partial charge in [0.25, 0.3) is 0 Å². The average molecular weight is 255 g/mol. The van der Waals surface area contributed by atoms with Crippen molar-refractivity contribution in [3.05, 3.63) is 21.9 Å². The molecule has 1 aromatic heterocycles. The molecule has 17 heavy (non-hydrogen) atoms. The minimum Gasteiger partial charge on any atom is -0.379 e. The Balaban J connectivity index is 2.77. The van der Waals surface area contributed by atoms with Crippen LogP contribution in [0.15, 0.2) is 11.4 Å². The fourth-order valence-corrected chi connectivity index (χ4v) is 2.90. The Bertz CT molecular complexity index is 333. The zero-order valence-corrected chi connectivity index (χ0v) is 12.5. The zero-order chi connectivity index (χ0) is 12.9. The summed E-state index contributed by atoms with van der Waals surface area (Å²) in [6.07, 6.45) is 2.17. The van der Waals surface area contributed by atoms with Gasteiger partial charge in [-0.3, -0.25) is 0 Å². The molecule has 98 valence electrons. The summed E-state index contributed by atoms with van der Waals surface area (Å²) in [4.78, 5) is 1.45. The topological polar surface area (TPSA) is 21.3 Å². The van der Waals surface area contributed by atoms with Crippen LogP contribution < -0.4 is 5.32 Å². The van der Waals surface area contributed by atoms with Crippen molar-refractivity contribution in [2.24, 2.45) is 0 Å². The molecule has 0 aliphatic rings. The molecule has 1 heterocycles. The van der Waals surface area contributed by atoms with Gasteiger partial charge in [0.05, 0.1) is 5.60 Å². The van der Waals surface area contributed by atoms with Crippen molar-refractivity contribution in [2.75, 3.05) is 13.7 Å². The molecule has 1 aromatic rings. The first-order chi connectivity index (χ1) is 8.00. The number of nitrogens with one attached hydrogen (secondary N) is 1. The predicted molar refractivity (Wildman–Crippen MR) is 75.8 cm³/mol. The van der Waals surface area contributed by atoms with E-state index < -0.39 is 0 Å². The van der Waals surface area contributed by atoms with Gasteiger partial charge in [0.1, 0.15) is 0 Å². The van der Waals surface area contributed by atoms with Gasteiger partial charge in [0.15, 0.2) is 0 Å². The molecular weight excluding hydrogens is 230 g/mol. The molecule has 0 saturated carbocycles. The van der Waals surface area contributed by atoms with E-state index in [9.17, 15) is 0 Å². The third-order valence-corrected chi connectivity index (χ3v) is 4.24. The second-order valence-corrected chi connectivity index (χ2v) is 6.09. The maximum absolute atomic E-state index is 5.55. The smallest absolute Gasteiger partial charge is 0.0641 e. The SMILES string of the molecule is CCCNC(CC(C)(C)OC)c1sccc1C. The molecule has 0 radical (unpaired) electrons. The molecule has 0 spiro atoms. The van der Waals surface area contributed by atoms with Gasteiger partial charge < -0.3 is 10.1 Å². The van der Waals surface area contributed by atoms with Crippen LogP contribution in [0.3, 0.4) is 0 Å². The van der Waals surface area contributed by atoms with Crippen molar-refractivity contribution < 1.29 is 4.74 Å². The number of rotatable bonds is 7. The van der Waals surface area contributed by atoms with E-state index in [2.05, 4.69) is 44.5 Å². The highest BCUT2D eigenvalue weighted by Crippen LogP contribution is 2.31. The molecule has 0 aliphatic carbocycles. The molecule has 1 unspecified atom stereocenters. The highest BCUT2D eigenvalue weighted by molar-refractivity contribution is 7.10. The maximum Gasteiger partial charge on any atom is 0.0641 e. The summed E-state index contributed by atoms with van der Waals surface area (Å²) in [7, 11) is 1.79. The summed E-state index contributed by atoms with van der Waals surface area (Å²) >= 11 is 1.84. The van der Waals surface area contributed by atoms with Crippen molar-refractivity contribution >= 4 is 11.3 Å². The predicted octanol–water partition coefficient (Wildman–Crippen LogP) is 3.91. The molecular formula is C14H25NOS. The van der Waals surface area contributed by atoms with E-state index in [1.54, 1.807) is 7.11 Å². The van der Waals surface area contributed by atoms with Crippen LogP contribution in [-0.2, 0) is 4.74 Å². The summed E-state index contributed by atoms with van der Waals surface area (Å²) in [5.74, 6) is 0. The third-order valence-electron chi connectivity index (χ3n) is 3.11. The van der Waals surface area contributed by atoms with Crippen LogP contribution in [0.25, 0.3) is 0 Å². The summed E-state index contributed by atoms with van der Waals surface area (Å²) < 4.78 is 5.55. The molecule has 0 aromatic carbocycles. The Morgan fingerprint density at radius 3 is 2.65 bits per heavy atom. The lowest BCUT2D eigenvalue weighted by molar-refractivity contribution is 0.00710. The van der Waals surface area contributed by atoms with Crippen molar-refractivity contribution in [1.29, 1.82) is 0 Å². The van der Waals surface area contributed by atoms with E-state index in [0.717, 1.165) is 19.4 Å². The van der Waals surface area contributed by atoms with Gasteiger partial charge in [-0.1, -0.05) is 6.92 Å². The number of ether oxygens (including phenoxy) is 1. The van der Waals surface area contributed by atoms with Crippen LogP contribution in [0, 0.1) is 6.92 Å². The Labute approximate surface area is 109 Å². The summed E-state index contributed by atoms with van der Waals surface area (Å²) in [5, 5.41) is 5.81. The highest BCUT2D eigenvalue weighted by atomic mass is 32.1. The lowest BCUT2D eigenvalue weighted by Crippen LogP contribution is -2.32. The standard InChI is InChI=1S/C14H25NOS/c1-6-8-15-12(10-14(3,4)16-5)13-11(2)7-9-17-13/h7,9,12,15H,6,8,10H2,1-5H3. The highest BCUT2D eigenvalue weighted by Gasteiger charge is 2.25. The van der Waals surface area contributed by atoms with Crippen LogP contribution in [0.2, 0.25) is 0 Å². The van der Waals surface area contributed by atoms with E-state index in [1.165, 1.54) is 10.4 Å². The normalized spacial score (nSPS) is 13.9. The van der Waals surface area contributed by atoms with E-state index in [1.807, 2.05) is 11.3 Å². The quantitative estimate of drug-likeness (QED) is 0.797. The van der Waals surface area contributed by atoms with Gasteiger partial charge in [0, 0.05) is 18.0 Å². The first-order valence-electron chi connectivity index (χ1n) is 6.32. The lowest BCUT2D eigenvalue weighted by atomic mass is 9.96. The summed E-state index contributed by atoms with van der Waals surface area (Å²) in [6.45, 7) is 9.74. The minimum atomic E-state index is -0.0815. The van der Waals surface area contributed by atoms with Gasteiger partial charge in [-0.2, -0.15) is 0 Å². The van der Waals surface area contributed by atoms with Crippen LogP contribution >= 0.6 is 11.3 Å². The van der Waals surface area contributed by atoms with Crippen LogP contribution in [0.4, 0.5) is 0 Å². The molecule has 0 fully saturated rings. The molecule has 0 aliphatic heterocycles. The fraction of sp³-hybridized carbons (Fsp3) is 0.714. The van der Waals surface area contributed by atoms with E-state index in [-0.39, 0.29) is 5.60 Å². The van der Waals surface area contributed by atoms with Crippen molar-refractivity contribution in [3.63, 3.8) is 0 Å². The van der Waals surface area contributed by atoms with E-state index in [4.69, 9.17) is 4.74 Å². The molecule has 0 amide bonds. The van der Waals surface area contributed by atoms with Gasteiger partial charge in [0.2, 0.25) is 0 Å². The van der Waals surface area contributed by atoms with E-state index >= 15 is 0 Å².